The van der Waals surface area contributed by atoms with Crippen molar-refractivity contribution in [3.05, 3.63) is 0 Å². The third-order valence-corrected chi connectivity index (χ3v) is 2.90. The maximum absolute atomic E-state index is 11.6. The molecule has 1 saturated heterocycles. The Hall–Kier alpha value is -1.79. The number of carbonyl (C=O) groups excluding carboxylic acids is 2. The predicted molar refractivity (Wildman–Crippen MR) is 78.4 cm³/mol. The minimum atomic E-state index is -0.0493. The number of aliphatic imine (C=N–C) groups is 1. The topological polar surface area (TPSA) is 85.8 Å². The number of guanidine groups is 1. The van der Waals surface area contributed by atoms with Crippen LogP contribution in [0.2, 0.25) is 0 Å². The van der Waals surface area contributed by atoms with Crippen molar-refractivity contribution in [2.45, 2.75) is 38.8 Å². The largest absolute Gasteiger partial charge is 0.354 e. The van der Waals surface area contributed by atoms with Gasteiger partial charge in [-0.1, -0.05) is 0 Å². The van der Waals surface area contributed by atoms with E-state index in [4.69, 9.17) is 0 Å². The minimum Gasteiger partial charge on any atom is -0.354 e. The van der Waals surface area contributed by atoms with Gasteiger partial charge in [-0.2, -0.15) is 0 Å². The Kier molecular flexibility index (Phi) is 6.27. The highest BCUT2D eigenvalue weighted by Crippen LogP contribution is 2.02. The molecule has 3 N–H and O–H groups in total. The summed E-state index contributed by atoms with van der Waals surface area (Å²) in [6.45, 7) is 4.70. The molecule has 1 rings (SSSR count). The van der Waals surface area contributed by atoms with Crippen LogP contribution in [0, 0.1) is 0 Å². The molecule has 1 fully saturated rings. The summed E-state index contributed by atoms with van der Waals surface area (Å²) in [6.07, 6.45) is 1.29. The van der Waals surface area contributed by atoms with Gasteiger partial charge in [0.2, 0.25) is 11.8 Å². The van der Waals surface area contributed by atoms with Crippen molar-refractivity contribution in [2.75, 3.05) is 27.2 Å². The fourth-order valence-corrected chi connectivity index (χ4v) is 1.74. The number of rotatable bonds is 4. The average Bonchev–Trinajstić information content (AvgIpc) is 2.37. The summed E-state index contributed by atoms with van der Waals surface area (Å²) in [5, 5.41) is 9.26. The lowest BCUT2D eigenvalue weighted by Gasteiger charge is -2.26. The van der Waals surface area contributed by atoms with E-state index in [9.17, 15) is 9.59 Å². The number of likely N-dealkylation sites (N-methyl/N-ethyl adjacent to an activating group) is 1. The highest BCUT2D eigenvalue weighted by molar-refractivity contribution is 5.85. The molecule has 1 aliphatic rings. The summed E-state index contributed by atoms with van der Waals surface area (Å²) in [5.41, 5.74) is 0. The number of nitrogens with zero attached hydrogens (tertiary/aromatic N) is 2. The molecular weight excluding hydrogens is 258 g/mol. The lowest BCUT2D eigenvalue weighted by Crippen LogP contribution is -2.52. The van der Waals surface area contributed by atoms with E-state index in [2.05, 4.69) is 20.9 Å². The third kappa shape index (κ3) is 5.90. The minimum absolute atomic E-state index is 0.0493. The van der Waals surface area contributed by atoms with Crippen molar-refractivity contribution < 1.29 is 9.59 Å². The molecular formula is C13H25N5O2. The van der Waals surface area contributed by atoms with Gasteiger partial charge in [-0.3, -0.25) is 9.59 Å². The highest BCUT2D eigenvalue weighted by Gasteiger charge is 2.19. The first-order valence-corrected chi connectivity index (χ1v) is 6.93. The number of hydrogen-bond acceptors (Lipinski definition) is 3. The Balaban J connectivity index is 2.57. The Morgan fingerprint density at radius 2 is 2.20 bits per heavy atom. The molecule has 0 aromatic rings. The van der Waals surface area contributed by atoms with Gasteiger partial charge in [-0.15, -0.1) is 0 Å². The van der Waals surface area contributed by atoms with Crippen LogP contribution >= 0.6 is 0 Å². The molecule has 1 unspecified atom stereocenters. The highest BCUT2D eigenvalue weighted by atomic mass is 16.2. The van der Waals surface area contributed by atoms with Crippen LogP contribution in [-0.2, 0) is 9.59 Å². The maximum Gasteiger partial charge on any atom is 0.243 e. The number of carbonyl (C=O) groups is 2. The van der Waals surface area contributed by atoms with Gasteiger partial charge >= 0.3 is 0 Å². The maximum atomic E-state index is 11.6. The zero-order chi connectivity index (χ0) is 15.1. The standard InChI is InChI=1S/C13H25N5O2/c1-9(2)16-13(15-8-12(20)18(3)4)17-10-5-6-11(19)14-7-10/h9-10H,5-8H2,1-4H3,(H,14,19)(H2,15,16,17). The third-order valence-electron chi connectivity index (χ3n) is 2.90. The number of nitrogens with one attached hydrogen (secondary N) is 3. The molecule has 0 aliphatic carbocycles. The van der Waals surface area contributed by atoms with Gasteiger partial charge in [0.15, 0.2) is 5.96 Å². The van der Waals surface area contributed by atoms with Crippen LogP contribution < -0.4 is 16.0 Å². The molecule has 2 amide bonds. The van der Waals surface area contributed by atoms with E-state index in [1.807, 2.05) is 13.8 Å². The van der Waals surface area contributed by atoms with Crippen molar-refractivity contribution in [3.63, 3.8) is 0 Å². The molecule has 0 bridgehead atoms. The summed E-state index contributed by atoms with van der Waals surface area (Å²) < 4.78 is 0. The van der Waals surface area contributed by atoms with E-state index in [1.54, 1.807) is 14.1 Å². The van der Waals surface area contributed by atoms with E-state index in [-0.39, 0.29) is 30.4 Å². The lowest BCUT2D eigenvalue weighted by atomic mass is 10.1. The second kappa shape index (κ2) is 7.72. The summed E-state index contributed by atoms with van der Waals surface area (Å²) in [6, 6.07) is 0.362. The van der Waals surface area contributed by atoms with E-state index >= 15 is 0 Å². The second-order valence-corrected chi connectivity index (χ2v) is 5.44. The Bertz CT molecular complexity index is 369. The van der Waals surface area contributed by atoms with Crippen LogP contribution in [0.1, 0.15) is 26.7 Å². The molecule has 1 atom stereocenters. The molecule has 0 spiro atoms. The fourth-order valence-electron chi connectivity index (χ4n) is 1.74. The van der Waals surface area contributed by atoms with Crippen molar-refractivity contribution in [1.29, 1.82) is 0 Å². The summed E-state index contributed by atoms with van der Waals surface area (Å²) in [5.74, 6) is 0.643. The van der Waals surface area contributed by atoms with Crippen LogP contribution in [0.3, 0.4) is 0 Å². The predicted octanol–water partition coefficient (Wildman–Crippen LogP) is -0.703. The summed E-state index contributed by atoms with van der Waals surface area (Å²) in [7, 11) is 3.41. The molecule has 0 aromatic carbocycles. The monoisotopic (exact) mass is 283 g/mol. The van der Waals surface area contributed by atoms with Gasteiger partial charge in [-0.25, -0.2) is 4.99 Å². The van der Waals surface area contributed by atoms with E-state index in [0.29, 0.717) is 18.9 Å². The average molecular weight is 283 g/mol. The fraction of sp³-hybridized carbons (Fsp3) is 0.769. The molecule has 0 radical (unpaired) electrons. The Labute approximate surface area is 120 Å². The van der Waals surface area contributed by atoms with Gasteiger partial charge in [-0.05, 0) is 20.3 Å². The normalized spacial score (nSPS) is 19.6. The first kappa shape index (κ1) is 16.3. The molecule has 7 nitrogen and oxygen atoms in total. The second-order valence-electron chi connectivity index (χ2n) is 5.44. The number of piperidine rings is 1. The Morgan fingerprint density at radius 1 is 1.50 bits per heavy atom. The smallest absolute Gasteiger partial charge is 0.243 e. The molecule has 1 heterocycles. The molecule has 0 saturated carbocycles. The van der Waals surface area contributed by atoms with E-state index < -0.39 is 0 Å². The quantitative estimate of drug-likeness (QED) is 0.470. The molecule has 20 heavy (non-hydrogen) atoms. The van der Waals surface area contributed by atoms with Gasteiger partial charge in [0.1, 0.15) is 6.54 Å². The zero-order valence-electron chi connectivity index (χ0n) is 12.7. The van der Waals surface area contributed by atoms with Crippen molar-refractivity contribution >= 4 is 17.8 Å². The van der Waals surface area contributed by atoms with Gasteiger partial charge in [0.25, 0.3) is 0 Å². The van der Waals surface area contributed by atoms with Crippen molar-refractivity contribution in [2.24, 2.45) is 4.99 Å². The van der Waals surface area contributed by atoms with Gasteiger partial charge < -0.3 is 20.9 Å². The van der Waals surface area contributed by atoms with E-state index in [0.717, 1.165) is 6.42 Å². The van der Waals surface area contributed by atoms with Gasteiger partial charge in [0, 0.05) is 39.1 Å². The van der Waals surface area contributed by atoms with Gasteiger partial charge in [0.05, 0.1) is 0 Å². The summed E-state index contributed by atoms with van der Waals surface area (Å²) in [4.78, 5) is 28.5. The van der Waals surface area contributed by atoms with Crippen LogP contribution in [0.25, 0.3) is 0 Å². The molecule has 7 heteroatoms. The van der Waals surface area contributed by atoms with Crippen molar-refractivity contribution in [3.8, 4) is 0 Å². The number of amides is 2. The van der Waals surface area contributed by atoms with Crippen LogP contribution in [0.5, 0.6) is 0 Å². The van der Waals surface area contributed by atoms with Crippen LogP contribution in [-0.4, -0.2) is 61.9 Å². The molecule has 0 aromatic heterocycles. The number of hydrogen-bond donors (Lipinski definition) is 3. The lowest BCUT2D eigenvalue weighted by molar-refractivity contribution is -0.127. The molecule has 114 valence electrons. The SMILES string of the molecule is CC(C)NC(=NCC(=O)N(C)C)NC1CCC(=O)NC1. The van der Waals surface area contributed by atoms with Crippen molar-refractivity contribution in [1.82, 2.24) is 20.9 Å². The van der Waals surface area contributed by atoms with E-state index in [1.165, 1.54) is 4.90 Å². The first-order chi connectivity index (χ1) is 9.38. The summed E-state index contributed by atoms with van der Waals surface area (Å²) >= 11 is 0. The first-order valence-electron chi connectivity index (χ1n) is 6.93. The van der Waals surface area contributed by atoms with Crippen LogP contribution in [0.15, 0.2) is 4.99 Å². The zero-order valence-corrected chi connectivity index (χ0v) is 12.7. The van der Waals surface area contributed by atoms with Crippen LogP contribution in [0.4, 0.5) is 0 Å². The Morgan fingerprint density at radius 3 is 2.70 bits per heavy atom. The molecule has 1 aliphatic heterocycles.